The zero-order valence-electron chi connectivity index (χ0n) is 15.5. The lowest BCUT2D eigenvalue weighted by atomic mass is 9.54. The molecule has 2 aliphatic carbocycles. The largest absolute Gasteiger partial charge is 0.496 e. The van der Waals surface area contributed by atoms with Crippen LogP contribution >= 0.6 is 0 Å². The van der Waals surface area contributed by atoms with Crippen molar-refractivity contribution in [2.24, 2.45) is 5.41 Å². The molecule has 0 amide bonds. The number of aliphatic hydroxyl groups excluding tert-OH is 1. The zero-order valence-corrected chi connectivity index (χ0v) is 15.5. The monoisotopic (exact) mass is 348 g/mol. The van der Waals surface area contributed by atoms with Crippen molar-refractivity contribution in [3.63, 3.8) is 0 Å². The van der Waals surface area contributed by atoms with Crippen molar-refractivity contribution in [1.29, 1.82) is 0 Å². The minimum Gasteiger partial charge on any atom is -0.496 e. The molecule has 1 saturated carbocycles. The van der Waals surface area contributed by atoms with Crippen LogP contribution in [0.15, 0.2) is 12.1 Å². The maximum absolute atomic E-state index is 11.4. The maximum Gasteiger partial charge on any atom is 0.302 e. The zero-order chi connectivity index (χ0) is 18.4. The Morgan fingerprint density at radius 2 is 2.12 bits per heavy atom. The Balaban J connectivity index is 2.05. The fourth-order valence-electron chi connectivity index (χ4n) is 4.88. The Morgan fingerprint density at radius 3 is 2.76 bits per heavy atom. The highest BCUT2D eigenvalue weighted by molar-refractivity contribution is 5.66. The number of methoxy groups -OCH3 is 1. The molecule has 5 heteroatoms. The smallest absolute Gasteiger partial charge is 0.302 e. The molecular weight excluding hydrogens is 320 g/mol. The predicted molar refractivity (Wildman–Crippen MR) is 93.7 cm³/mol. The average Bonchev–Trinajstić information content (AvgIpc) is 2.54. The van der Waals surface area contributed by atoms with Gasteiger partial charge in [-0.3, -0.25) is 4.79 Å². The third kappa shape index (κ3) is 3.04. The highest BCUT2D eigenvalue weighted by Crippen LogP contribution is 2.57. The molecule has 1 aromatic carbocycles. The second-order valence-corrected chi connectivity index (χ2v) is 7.94. The van der Waals surface area contributed by atoms with Gasteiger partial charge in [-0.25, -0.2) is 0 Å². The summed E-state index contributed by atoms with van der Waals surface area (Å²) in [5.74, 6) is 0.612. The number of ether oxygens (including phenoxy) is 2. The van der Waals surface area contributed by atoms with Crippen molar-refractivity contribution in [3.8, 4) is 5.75 Å². The lowest BCUT2D eigenvalue weighted by Crippen LogP contribution is -2.55. The van der Waals surface area contributed by atoms with Crippen molar-refractivity contribution >= 4 is 5.97 Å². The summed E-state index contributed by atoms with van der Waals surface area (Å²) in [6.45, 7) is 5.43. The summed E-state index contributed by atoms with van der Waals surface area (Å²) >= 11 is 0. The van der Waals surface area contributed by atoms with Crippen LogP contribution in [-0.4, -0.2) is 41.6 Å². The Morgan fingerprint density at radius 1 is 1.40 bits per heavy atom. The minimum atomic E-state index is -1.17. The van der Waals surface area contributed by atoms with Gasteiger partial charge in [0, 0.05) is 12.3 Å². The van der Waals surface area contributed by atoms with E-state index in [1.54, 1.807) is 14.0 Å². The molecule has 0 bridgehead atoms. The third-order valence-corrected chi connectivity index (χ3v) is 6.24. The molecular formula is C20H28O5. The fourth-order valence-corrected chi connectivity index (χ4v) is 4.88. The van der Waals surface area contributed by atoms with Crippen LogP contribution in [0.3, 0.4) is 0 Å². The van der Waals surface area contributed by atoms with E-state index in [4.69, 9.17) is 9.47 Å². The van der Waals surface area contributed by atoms with Crippen molar-refractivity contribution < 1.29 is 24.5 Å². The standard InChI is InChI=1S/C20H28O5/c1-12-14-7-8-20(11-25-13(2)21)10-19(3,23)18(22)9-16(20)15(14)5-6-17(12)24-4/h5-6,16,18,22-23H,7-11H2,1-4H3. The van der Waals surface area contributed by atoms with Crippen molar-refractivity contribution in [2.75, 3.05) is 13.7 Å². The van der Waals surface area contributed by atoms with E-state index >= 15 is 0 Å². The molecule has 4 unspecified atom stereocenters. The van der Waals surface area contributed by atoms with E-state index in [9.17, 15) is 15.0 Å². The van der Waals surface area contributed by atoms with E-state index in [-0.39, 0.29) is 23.9 Å². The van der Waals surface area contributed by atoms with Gasteiger partial charge in [0.15, 0.2) is 0 Å². The molecule has 25 heavy (non-hydrogen) atoms. The van der Waals surface area contributed by atoms with E-state index in [1.165, 1.54) is 18.1 Å². The number of carbonyl (C=O) groups is 1. The Labute approximate surface area is 149 Å². The highest BCUT2D eigenvalue weighted by Gasteiger charge is 2.54. The van der Waals surface area contributed by atoms with E-state index in [1.807, 2.05) is 6.07 Å². The molecule has 1 fully saturated rings. The first-order chi connectivity index (χ1) is 11.7. The lowest BCUT2D eigenvalue weighted by molar-refractivity contribution is -0.164. The first kappa shape index (κ1) is 18.2. The Kier molecular flexibility index (Phi) is 4.58. The van der Waals surface area contributed by atoms with Crippen LogP contribution < -0.4 is 4.74 Å². The number of esters is 1. The topological polar surface area (TPSA) is 76.0 Å². The van der Waals surface area contributed by atoms with Gasteiger partial charge in [-0.2, -0.15) is 0 Å². The summed E-state index contributed by atoms with van der Waals surface area (Å²) < 4.78 is 10.9. The Hall–Kier alpha value is -1.59. The van der Waals surface area contributed by atoms with Crippen LogP contribution in [0.5, 0.6) is 5.75 Å². The molecule has 3 rings (SSSR count). The van der Waals surface area contributed by atoms with Crippen LogP contribution in [0.25, 0.3) is 0 Å². The van der Waals surface area contributed by atoms with Crippen molar-refractivity contribution in [2.45, 2.75) is 64.1 Å². The van der Waals surface area contributed by atoms with Crippen LogP contribution in [0.1, 0.15) is 55.7 Å². The number of hydrogen-bond donors (Lipinski definition) is 2. The second-order valence-electron chi connectivity index (χ2n) is 7.94. The number of hydrogen-bond acceptors (Lipinski definition) is 5. The van der Waals surface area contributed by atoms with E-state index in [0.717, 1.165) is 24.2 Å². The molecule has 0 spiro atoms. The number of fused-ring (bicyclic) bond motifs is 3. The maximum atomic E-state index is 11.4. The first-order valence-electron chi connectivity index (χ1n) is 8.90. The van der Waals surface area contributed by atoms with E-state index in [0.29, 0.717) is 12.8 Å². The molecule has 5 nitrogen and oxygen atoms in total. The fraction of sp³-hybridized carbons (Fsp3) is 0.650. The predicted octanol–water partition coefficient (Wildman–Crippen LogP) is 2.49. The number of carbonyl (C=O) groups excluding carboxylic acids is 1. The van der Waals surface area contributed by atoms with Crippen LogP contribution in [-0.2, 0) is 16.0 Å². The van der Waals surface area contributed by atoms with E-state index in [2.05, 4.69) is 13.0 Å². The molecule has 4 atom stereocenters. The summed E-state index contributed by atoms with van der Waals surface area (Å²) in [5, 5.41) is 21.2. The van der Waals surface area contributed by atoms with Gasteiger partial charge in [0.05, 0.1) is 25.4 Å². The van der Waals surface area contributed by atoms with Gasteiger partial charge in [0.2, 0.25) is 0 Å². The number of benzene rings is 1. The lowest BCUT2D eigenvalue weighted by Gasteiger charge is -2.54. The molecule has 0 heterocycles. The van der Waals surface area contributed by atoms with Gasteiger partial charge >= 0.3 is 5.97 Å². The summed E-state index contributed by atoms with van der Waals surface area (Å²) in [4.78, 5) is 11.4. The van der Waals surface area contributed by atoms with Crippen LogP contribution in [0, 0.1) is 12.3 Å². The number of rotatable bonds is 3. The van der Waals surface area contributed by atoms with Crippen molar-refractivity contribution in [3.05, 3.63) is 28.8 Å². The molecule has 0 saturated heterocycles. The van der Waals surface area contributed by atoms with Crippen LogP contribution in [0.2, 0.25) is 0 Å². The summed E-state index contributed by atoms with van der Waals surface area (Å²) in [7, 11) is 1.67. The van der Waals surface area contributed by atoms with Gasteiger partial charge in [0.25, 0.3) is 0 Å². The SMILES string of the molecule is COc1ccc2c(c1C)CCC1(COC(C)=O)CC(C)(O)C(O)CC21. The summed E-state index contributed by atoms with van der Waals surface area (Å²) in [6.07, 6.45) is 1.75. The van der Waals surface area contributed by atoms with Crippen LogP contribution in [0.4, 0.5) is 0 Å². The van der Waals surface area contributed by atoms with E-state index < -0.39 is 11.7 Å². The molecule has 0 aliphatic heterocycles. The van der Waals surface area contributed by atoms with Gasteiger partial charge < -0.3 is 19.7 Å². The molecule has 2 aliphatic rings. The average molecular weight is 348 g/mol. The van der Waals surface area contributed by atoms with Crippen molar-refractivity contribution in [1.82, 2.24) is 0 Å². The highest BCUT2D eigenvalue weighted by atomic mass is 16.5. The van der Waals surface area contributed by atoms with Gasteiger partial charge in [-0.05, 0) is 68.2 Å². The minimum absolute atomic E-state index is 0.0513. The van der Waals surface area contributed by atoms with Gasteiger partial charge in [0.1, 0.15) is 5.75 Å². The Bertz CT molecular complexity index is 681. The second kappa shape index (κ2) is 6.29. The molecule has 1 aromatic rings. The first-order valence-corrected chi connectivity index (χ1v) is 8.90. The quantitative estimate of drug-likeness (QED) is 0.821. The molecule has 0 radical (unpaired) electrons. The molecule has 2 N–H and O–H groups in total. The number of aliphatic hydroxyl groups is 2. The molecule has 0 aromatic heterocycles. The summed E-state index contributed by atoms with van der Waals surface area (Å²) in [5.41, 5.74) is 2.06. The molecule has 138 valence electrons. The third-order valence-electron chi connectivity index (χ3n) is 6.24. The van der Waals surface area contributed by atoms with Gasteiger partial charge in [-0.15, -0.1) is 0 Å². The normalized spacial score (nSPS) is 34.0. The summed E-state index contributed by atoms with van der Waals surface area (Å²) in [6, 6.07) is 4.04. The van der Waals surface area contributed by atoms with Gasteiger partial charge in [-0.1, -0.05) is 6.07 Å².